The zero-order chi connectivity index (χ0) is 18.1. The summed E-state index contributed by atoms with van der Waals surface area (Å²) in [4.78, 5) is 13.1. The predicted octanol–water partition coefficient (Wildman–Crippen LogP) is 7.02. The zero-order valence-electron chi connectivity index (χ0n) is 13.2. The van der Waals surface area contributed by atoms with Crippen LogP contribution in [0, 0.1) is 0 Å². The highest BCUT2D eigenvalue weighted by Crippen LogP contribution is 2.35. The summed E-state index contributed by atoms with van der Waals surface area (Å²) in [6, 6.07) is 10.0. The third-order valence-corrected chi connectivity index (χ3v) is 4.98. The number of hydrogen-bond acceptors (Lipinski definition) is 1. The summed E-state index contributed by atoms with van der Waals surface area (Å²) in [5, 5.41) is 1.82. The third kappa shape index (κ3) is 3.73. The minimum Gasteiger partial charge on any atom is -0.353 e. The van der Waals surface area contributed by atoms with Crippen molar-refractivity contribution in [3.05, 3.63) is 80.0 Å². The third-order valence-electron chi connectivity index (χ3n) is 3.89. The van der Waals surface area contributed by atoms with Crippen LogP contribution in [0.15, 0.2) is 48.8 Å². The first kappa shape index (κ1) is 18.3. The summed E-state index contributed by atoms with van der Waals surface area (Å²) in [6.07, 6.45) is 3.69. The van der Waals surface area contributed by atoms with Crippen LogP contribution in [0.4, 0.5) is 0 Å². The van der Waals surface area contributed by atoms with E-state index in [0.29, 0.717) is 31.2 Å². The van der Waals surface area contributed by atoms with Crippen molar-refractivity contribution in [3.63, 3.8) is 0 Å². The standard InChI is InChI=1S/C19H13Cl4NO/c1-2-24-9-15(13-5-3-11(20)7-17(13)22)16(10-24)19(25)14-6-4-12(21)8-18(14)23/h3-10H,2H2,1H3. The van der Waals surface area contributed by atoms with Crippen LogP contribution < -0.4 is 0 Å². The Kier molecular flexibility index (Phi) is 5.45. The molecule has 0 fully saturated rings. The summed E-state index contributed by atoms with van der Waals surface area (Å²) in [6.45, 7) is 2.72. The molecular weight excluding hydrogens is 400 g/mol. The number of rotatable bonds is 4. The second-order valence-corrected chi connectivity index (χ2v) is 7.18. The van der Waals surface area contributed by atoms with Gasteiger partial charge in [0.25, 0.3) is 0 Å². The van der Waals surface area contributed by atoms with E-state index in [1.807, 2.05) is 17.7 Å². The number of benzene rings is 2. The van der Waals surface area contributed by atoms with Crippen LogP contribution in [-0.2, 0) is 6.54 Å². The summed E-state index contributed by atoms with van der Waals surface area (Å²) < 4.78 is 1.93. The van der Waals surface area contributed by atoms with Crippen LogP contribution in [0.3, 0.4) is 0 Å². The Morgan fingerprint density at radius 1 is 0.840 bits per heavy atom. The summed E-state index contributed by atoms with van der Waals surface area (Å²) in [5.74, 6) is -0.185. The van der Waals surface area contributed by atoms with Crippen LogP contribution in [0.25, 0.3) is 11.1 Å². The van der Waals surface area contributed by atoms with Crippen LogP contribution >= 0.6 is 46.4 Å². The van der Waals surface area contributed by atoms with Crippen molar-refractivity contribution in [1.29, 1.82) is 0 Å². The molecule has 0 bridgehead atoms. The Balaban J connectivity index is 2.16. The smallest absolute Gasteiger partial charge is 0.196 e. The van der Waals surface area contributed by atoms with Gasteiger partial charge in [0.05, 0.1) is 5.02 Å². The summed E-state index contributed by atoms with van der Waals surface area (Å²) >= 11 is 24.5. The molecule has 0 unspecified atom stereocenters. The van der Waals surface area contributed by atoms with Gasteiger partial charge >= 0.3 is 0 Å². The van der Waals surface area contributed by atoms with Gasteiger partial charge in [0.1, 0.15) is 0 Å². The van der Waals surface area contributed by atoms with Crippen molar-refractivity contribution in [2.75, 3.05) is 0 Å². The van der Waals surface area contributed by atoms with Crippen molar-refractivity contribution in [2.24, 2.45) is 0 Å². The summed E-state index contributed by atoms with van der Waals surface area (Å²) in [7, 11) is 0. The molecule has 25 heavy (non-hydrogen) atoms. The Labute approximate surface area is 165 Å². The fourth-order valence-electron chi connectivity index (χ4n) is 2.61. The lowest BCUT2D eigenvalue weighted by Crippen LogP contribution is -2.03. The van der Waals surface area contributed by atoms with Crippen molar-refractivity contribution in [2.45, 2.75) is 13.5 Å². The van der Waals surface area contributed by atoms with Crippen molar-refractivity contribution in [3.8, 4) is 11.1 Å². The molecule has 0 amide bonds. The lowest BCUT2D eigenvalue weighted by molar-refractivity contribution is 0.103. The molecule has 3 rings (SSSR count). The Bertz CT molecular complexity index is 962. The number of carbonyl (C=O) groups excluding carboxylic acids is 1. The number of halogens is 4. The maximum Gasteiger partial charge on any atom is 0.196 e. The molecular formula is C19H13Cl4NO. The van der Waals surface area contributed by atoms with Crippen LogP contribution in [-0.4, -0.2) is 10.4 Å². The molecule has 1 aromatic heterocycles. The average molecular weight is 413 g/mol. The first-order valence-corrected chi connectivity index (χ1v) is 9.07. The average Bonchev–Trinajstić information content (AvgIpc) is 2.98. The van der Waals surface area contributed by atoms with Gasteiger partial charge in [-0.25, -0.2) is 0 Å². The monoisotopic (exact) mass is 411 g/mol. The molecule has 0 saturated carbocycles. The van der Waals surface area contributed by atoms with Crippen LogP contribution in [0.5, 0.6) is 0 Å². The van der Waals surface area contributed by atoms with E-state index < -0.39 is 0 Å². The molecule has 128 valence electrons. The fourth-order valence-corrected chi connectivity index (χ4v) is 3.62. The van der Waals surface area contributed by atoms with Crippen LogP contribution in [0.2, 0.25) is 20.1 Å². The Hall–Kier alpha value is -1.45. The molecule has 0 atom stereocenters. The fraction of sp³-hybridized carbons (Fsp3) is 0.105. The van der Waals surface area contributed by atoms with Crippen molar-refractivity contribution in [1.82, 2.24) is 4.57 Å². The molecule has 1 heterocycles. The molecule has 0 aliphatic heterocycles. The van der Waals surface area contributed by atoms with Gasteiger partial charge in [-0.1, -0.05) is 52.5 Å². The predicted molar refractivity (Wildman–Crippen MR) is 105 cm³/mol. The number of aryl methyl sites for hydroxylation is 1. The number of nitrogens with zero attached hydrogens (tertiary/aromatic N) is 1. The van der Waals surface area contributed by atoms with Crippen molar-refractivity contribution < 1.29 is 4.79 Å². The molecule has 3 aromatic rings. The molecule has 0 aliphatic rings. The zero-order valence-corrected chi connectivity index (χ0v) is 16.2. The van der Waals surface area contributed by atoms with Gasteiger partial charge in [-0.3, -0.25) is 4.79 Å². The van der Waals surface area contributed by atoms with Gasteiger partial charge in [0.15, 0.2) is 5.78 Å². The first-order valence-electron chi connectivity index (χ1n) is 7.55. The molecule has 0 saturated heterocycles. The molecule has 0 N–H and O–H groups in total. The highest BCUT2D eigenvalue weighted by atomic mass is 35.5. The second kappa shape index (κ2) is 7.43. The molecule has 0 aliphatic carbocycles. The van der Waals surface area contributed by atoms with E-state index >= 15 is 0 Å². The first-order chi connectivity index (χ1) is 11.9. The second-order valence-electron chi connectivity index (χ2n) is 5.49. The number of ketones is 1. The van der Waals surface area contributed by atoms with Gasteiger partial charge in [-0.2, -0.15) is 0 Å². The number of aromatic nitrogens is 1. The molecule has 6 heteroatoms. The molecule has 0 spiro atoms. The lowest BCUT2D eigenvalue weighted by atomic mass is 9.98. The van der Waals surface area contributed by atoms with Gasteiger partial charge in [0, 0.05) is 56.3 Å². The van der Waals surface area contributed by atoms with Crippen molar-refractivity contribution >= 4 is 52.2 Å². The lowest BCUT2D eigenvalue weighted by Gasteiger charge is -2.08. The van der Waals surface area contributed by atoms with E-state index in [-0.39, 0.29) is 5.78 Å². The highest BCUT2D eigenvalue weighted by molar-refractivity contribution is 6.38. The van der Waals surface area contributed by atoms with E-state index in [2.05, 4.69) is 0 Å². The van der Waals surface area contributed by atoms with E-state index in [0.717, 1.165) is 17.7 Å². The number of carbonyl (C=O) groups is 1. The Morgan fingerprint density at radius 3 is 2.08 bits per heavy atom. The van der Waals surface area contributed by atoms with Gasteiger partial charge in [-0.15, -0.1) is 0 Å². The quantitative estimate of drug-likeness (QED) is 0.422. The molecule has 2 nitrogen and oxygen atoms in total. The minimum atomic E-state index is -0.185. The summed E-state index contributed by atoms with van der Waals surface area (Å²) in [5.41, 5.74) is 2.40. The van der Waals surface area contributed by atoms with E-state index in [4.69, 9.17) is 46.4 Å². The van der Waals surface area contributed by atoms with Gasteiger partial charge in [0.2, 0.25) is 0 Å². The van der Waals surface area contributed by atoms with Crippen LogP contribution in [0.1, 0.15) is 22.8 Å². The Morgan fingerprint density at radius 2 is 1.48 bits per heavy atom. The van der Waals surface area contributed by atoms with Gasteiger partial charge < -0.3 is 4.57 Å². The van der Waals surface area contributed by atoms with E-state index in [1.165, 1.54) is 0 Å². The normalized spacial score (nSPS) is 10.9. The van der Waals surface area contributed by atoms with Gasteiger partial charge in [-0.05, 0) is 37.3 Å². The largest absolute Gasteiger partial charge is 0.353 e. The molecule has 2 aromatic carbocycles. The molecule has 0 radical (unpaired) electrons. The topological polar surface area (TPSA) is 22.0 Å². The maximum absolute atomic E-state index is 13.1. The van der Waals surface area contributed by atoms with E-state index in [1.54, 1.807) is 42.6 Å². The SMILES string of the molecule is CCn1cc(C(=O)c2ccc(Cl)cc2Cl)c(-c2ccc(Cl)cc2Cl)c1. The van der Waals surface area contributed by atoms with E-state index in [9.17, 15) is 4.79 Å². The number of hydrogen-bond donors (Lipinski definition) is 0. The maximum atomic E-state index is 13.1. The minimum absolute atomic E-state index is 0.185. The highest BCUT2D eigenvalue weighted by Gasteiger charge is 2.21.